The summed E-state index contributed by atoms with van der Waals surface area (Å²) < 4.78 is 3.03. The molecule has 1 aliphatic carbocycles. The number of likely N-dealkylation sites (tertiary alicyclic amines) is 1. The number of nitrogens with zero attached hydrogens (tertiary/aromatic N) is 4. The number of carbonyl (C=O) groups is 1. The van der Waals surface area contributed by atoms with Crippen LogP contribution in [0.3, 0.4) is 0 Å². The largest absolute Gasteiger partial charge is 0.356 e. The lowest BCUT2D eigenvalue weighted by molar-refractivity contribution is -0.126. The number of fused-ring (bicyclic) bond motifs is 1. The van der Waals surface area contributed by atoms with Crippen LogP contribution < -0.4 is 11.0 Å². The van der Waals surface area contributed by atoms with Crippen molar-refractivity contribution >= 4 is 5.91 Å². The molecular weight excluding hydrogens is 330 g/mol. The molecule has 1 N–H and O–H groups in total. The van der Waals surface area contributed by atoms with Gasteiger partial charge in [0.15, 0.2) is 0 Å². The minimum Gasteiger partial charge on any atom is -0.356 e. The van der Waals surface area contributed by atoms with Crippen molar-refractivity contribution in [1.29, 1.82) is 0 Å². The number of hydrogen-bond donors (Lipinski definition) is 1. The lowest BCUT2D eigenvalue weighted by Crippen LogP contribution is -2.44. The summed E-state index contributed by atoms with van der Waals surface area (Å²) in [5.41, 5.74) is -0.114. The van der Waals surface area contributed by atoms with Crippen LogP contribution in [0, 0.1) is 11.8 Å². The molecule has 2 aliphatic heterocycles. The van der Waals surface area contributed by atoms with E-state index in [0.29, 0.717) is 18.9 Å². The minimum absolute atomic E-state index is 0.102. The van der Waals surface area contributed by atoms with Gasteiger partial charge in [-0.1, -0.05) is 12.8 Å². The molecule has 0 aromatic carbocycles. The number of aryl methyl sites for hydroxylation is 2. The van der Waals surface area contributed by atoms with Crippen molar-refractivity contribution in [3.8, 4) is 0 Å². The van der Waals surface area contributed by atoms with Gasteiger partial charge < -0.3 is 10.2 Å². The lowest BCUT2D eigenvalue weighted by atomic mass is 9.94. The van der Waals surface area contributed by atoms with E-state index in [2.05, 4.69) is 15.3 Å². The van der Waals surface area contributed by atoms with Crippen molar-refractivity contribution in [3.63, 3.8) is 0 Å². The Balaban J connectivity index is 1.23. The Kier molecular flexibility index (Phi) is 5.16. The highest BCUT2D eigenvalue weighted by molar-refractivity contribution is 5.78. The molecule has 0 radical (unpaired) electrons. The minimum atomic E-state index is -0.114. The van der Waals surface area contributed by atoms with Gasteiger partial charge in [-0.3, -0.25) is 9.36 Å². The van der Waals surface area contributed by atoms with E-state index in [-0.39, 0.29) is 17.5 Å². The third kappa shape index (κ3) is 3.59. The summed E-state index contributed by atoms with van der Waals surface area (Å²) in [5.74, 6) is 1.39. The van der Waals surface area contributed by atoms with Crippen LogP contribution in [0.4, 0.5) is 0 Å². The number of aromatic nitrogens is 3. The summed E-state index contributed by atoms with van der Waals surface area (Å²) in [6, 6.07) is 0.819. The molecule has 1 saturated carbocycles. The molecule has 26 heavy (non-hydrogen) atoms. The molecule has 144 valence electrons. The van der Waals surface area contributed by atoms with Crippen LogP contribution in [0.2, 0.25) is 0 Å². The monoisotopic (exact) mass is 361 g/mol. The van der Waals surface area contributed by atoms with E-state index >= 15 is 0 Å². The Morgan fingerprint density at radius 3 is 2.62 bits per heavy atom. The number of carbonyl (C=O) groups excluding carboxylic acids is 1. The molecule has 1 atom stereocenters. The number of hydrogen-bond acceptors (Lipinski definition) is 4. The molecule has 0 unspecified atom stereocenters. The van der Waals surface area contributed by atoms with Gasteiger partial charge >= 0.3 is 5.69 Å². The highest BCUT2D eigenvalue weighted by Crippen LogP contribution is 2.27. The number of piperidine rings is 1. The fraction of sp³-hybridized carbons (Fsp3) is 0.842. The predicted molar refractivity (Wildman–Crippen MR) is 98.8 cm³/mol. The first kappa shape index (κ1) is 17.8. The second-order valence-electron chi connectivity index (χ2n) is 8.33. The van der Waals surface area contributed by atoms with Crippen molar-refractivity contribution in [3.05, 3.63) is 16.3 Å². The van der Waals surface area contributed by atoms with E-state index in [1.165, 1.54) is 56.3 Å². The van der Waals surface area contributed by atoms with E-state index in [9.17, 15) is 9.59 Å². The fourth-order valence-electron chi connectivity index (χ4n) is 4.93. The van der Waals surface area contributed by atoms with Crippen molar-refractivity contribution < 1.29 is 4.79 Å². The van der Waals surface area contributed by atoms with E-state index in [4.69, 9.17) is 0 Å². The van der Waals surface area contributed by atoms with E-state index in [0.717, 1.165) is 24.8 Å². The van der Waals surface area contributed by atoms with E-state index in [1.807, 2.05) is 0 Å². The van der Waals surface area contributed by atoms with Gasteiger partial charge in [0, 0.05) is 32.6 Å². The molecule has 0 spiro atoms. The van der Waals surface area contributed by atoms with Crippen LogP contribution in [0.5, 0.6) is 0 Å². The van der Waals surface area contributed by atoms with Gasteiger partial charge in [-0.2, -0.15) is 5.10 Å². The fourth-order valence-corrected chi connectivity index (χ4v) is 4.93. The van der Waals surface area contributed by atoms with Gasteiger partial charge in [0.25, 0.3) is 0 Å². The maximum Gasteiger partial charge on any atom is 0.345 e. The number of nitrogens with one attached hydrogen (secondary N) is 1. The van der Waals surface area contributed by atoms with Crippen molar-refractivity contribution in [2.75, 3.05) is 19.6 Å². The third-order valence-electron chi connectivity index (χ3n) is 6.63. The zero-order valence-electron chi connectivity index (χ0n) is 15.8. The van der Waals surface area contributed by atoms with Gasteiger partial charge in [-0.05, 0) is 51.1 Å². The lowest BCUT2D eigenvalue weighted by Gasteiger charge is -2.36. The van der Waals surface area contributed by atoms with Gasteiger partial charge in [0.2, 0.25) is 5.91 Å². The van der Waals surface area contributed by atoms with E-state index in [1.54, 1.807) is 11.6 Å². The highest BCUT2D eigenvalue weighted by Gasteiger charge is 2.30. The molecule has 1 aromatic heterocycles. The molecule has 4 rings (SSSR count). The Bertz CT molecular complexity index is 695. The zero-order chi connectivity index (χ0) is 18.1. The SMILES string of the molecule is Cn1nc2n(c1=O)C[C@H](C(=O)NCC1CCN(C3CCCC3)CC1)CC2. The first-order valence-electron chi connectivity index (χ1n) is 10.3. The van der Waals surface area contributed by atoms with Gasteiger partial charge in [-0.15, -0.1) is 0 Å². The summed E-state index contributed by atoms with van der Waals surface area (Å²) >= 11 is 0. The summed E-state index contributed by atoms with van der Waals surface area (Å²) in [4.78, 5) is 27.3. The van der Waals surface area contributed by atoms with E-state index < -0.39 is 0 Å². The van der Waals surface area contributed by atoms with Crippen molar-refractivity contribution in [1.82, 2.24) is 24.6 Å². The smallest absolute Gasteiger partial charge is 0.345 e. The van der Waals surface area contributed by atoms with Crippen molar-refractivity contribution in [2.45, 2.75) is 64.0 Å². The first-order chi connectivity index (χ1) is 12.6. The molecule has 7 heteroatoms. The van der Waals surface area contributed by atoms with Crippen LogP contribution in [0.15, 0.2) is 4.79 Å². The quantitative estimate of drug-likeness (QED) is 0.865. The average molecular weight is 361 g/mol. The molecule has 1 saturated heterocycles. The molecule has 2 fully saturated rings. The molecule has 1 aromatic rings. The standard InChI is InChI=1S/C19H31N5O2/c1-22-19(26)24-13-15(6-7-17(24)21-22)18(25)20-12-14-8-10-23(11-9-14)16-4-2-3-5-16/h14-16H,2-13H2,1H3,(H,20,25)/t15-/m1/s1. The van der Waals surface area contributed by atoms with Crippen LogP contribution in [-0.2, 0) is 24.8 Å². The summed E-state index contributed by atoms with van der Waals surface area (Å²) in [5, 5.41) is 7.40. The third-order valence-corrected chi connectivity index (χ3v) is 6.63. The van der Waals surface area contributed by atoms with Gasteiger partial charge in [-0.25, -0.2) is 9.48 Å². The Hall–Kier alpha value is -1.63. The summed E-state index contributed by atoms with van der Waals surface area (Å²) in [6.07, 6.45) is 9.39. The predicted octanol–water partition coefficient (Wildman–Crippen LogP) is 0.915. The van der Waals surface area contributed by atoms with Gasteiger partial charge in [0.05, 0.1) is 5.92 Å². The number of amides is 1. The van der Waals surface area contributed by atoms with Crippen LogP contribution >= 0.6 is 0 Å². The Labute approximate surface area is 154 Å². The summed E-state index contributed by atoms with van der Waals surface area (Å²) in [7, 11) is 1.67. The van der Waals surface area contributed by atoms with Crippen LogP contribution in [-0.4, -0.2) is 50.8 Å². The van der Waals surface area contributed by atoms with Crippen LogP contribution in [0.1, 0.15) is 50.8 Å². The molecule has 0 bridgehead atoms. The van der Waals surface area contributed by atoms with Crippen molar-refractivity contribution in [2.24, 2.45) is 18.9 Å². The molecule has 3 heterocycles. The number of rotatable bonds is 4. The topological polar surface area (TPSA) is 72.2 Å². The maximum atomic E-state index is 12.6. The molecular formula is C19H31N5O2. The second kappa shape index (κ2) is 7.55. The first-order valence-corrected chi connectivity index (χ1v) is 10.3. The summed E-state index contributed by atoms with van der Waals surface area (Å²) in [6.45, 7) is 3.61. The Morgan fingerprint density at radius 1 is 1.15 bits per heavy atom. The zero-order valence-corrected chi connectivity index (χ0v) is 15.8. The molecule has 1 amide bonds. The maximum absolute atomic E-state index is 12.6. The average Bonchev–Trinajstić information content (AvgIpc) is 3.29. The molecule has 7 nitrogen and oxygen atoms in total. The highest BCUT2D eigenvalue weighted by atomic mass is 16.2. The Morgan fingerprint density at radius 2 is 1.88 bits per heavy atom. The van der Waals surface area contributed by atoms with Crippen LogP contribution in [0.25, 0.3) is 0 Å². The normalized spacial score (nSPS) is 25.3. The molecule has 3 aliphatic rings. The van der Waals surface area contributed by atoms with Gasteiger partial charge in [0.1, 0.15) is 5.82 Å². The second-order valence-corrected chi connectivity index (χ2v) is 8.33.